The van der Waals surface area contributed by atoms with Crippen LogP contribution >= 0.6 is 0 Å². The van der Waals surface area contributed by atoms with E-state index in [1.54, 1.807) is 11.8 Å². The molecular formula is C12H26N4O. The van der Waals surface area contributed by atoms with Crippen molar-refractivity contribution in [1.29, 1.82) is 0 Å². The zero-order valence-corrected chi connectivity index (χ0v) is 11.7. The van der Waals surface area contributed by atoms with Gasteiger partial charge in [0.2, 0.25) is 0 Å². The number of hydrogen-bond donors (Lipinski definition) is 2. The van der Waals surface area contributed by atoms with Crippen LogP contribution in [-0.4, -0.2) is 52.6 Å². The number of carbonyl (C=O) groups excluding carboxylic acids is 1. The summed E-state index contributed by atoms with van der Waals surface area (Å²) < 4.78 is 0. The van der Waals surface area contributed by atoms with Crippen molar-refractivity contribution in [2.75, 3.05) is 19.6 Å². The third-order valence-electron chi connectivity index (χ3n) is 3.30. The van der Waals surface area contributed by atoms with Crippen LogP contribution in [0.1, 0.15) is 34.6 Å². The predicted molar refractivity (Wildman–Crippen MR) is 69.3 cm³/mol. The van der Waals surface area contributed by atoms with Gasteiger partial charge in [0.25, 0.3) is 5.91 Å². The second kappa shape index (κ2) is 4.55. The van der Waals surface area contributed by atoms with Gasteiger partial charge in [0.1, 0.15) is 5.66 Å². The Morgan fingerprint density at radius 3 is 2.06 bits per heavy atom. The van der Waals surface area contributed by atoms with Gasteiger partial charge in [-0.1, -0.05) is 0 Å². The molecule has 1 aliphatic heterocycles. The van der Waals surface area contributed by atoms with E-state index in [4.69, 9.17) is 11.5 Å². The van der Waals surface area contributed by atoms with Crippen LogP contribution in [0.3, 0.4) is 0 Å². The van der Waals surface area contributed by atoms with Gasteiger partial charge in [0.05, 0.1) is 0 Å². The summed E-state index contributed by atoms with van der Waals surface area (Å²) in [6, 6.07) is 0.155. The molecule has 5 nitrogen and oxygen atoms in total. The summed E-state index contributed by atoms with van der Waals surface area (Å²) in [7, 11) is 0. The molecule has 0 unspecified atom stereocenters. The number of nitrogens with two attached hydrogens (primary N) is 2. The Hall–Kier alpha value is -0.650. The molecule has 1 heterocycles. The van der Waals surface area contributed by atoms with Crippen LogP contribution in [-0.2, 0) is 4.79 Å². The molecule has 0 aromatic carbocycles. The fourth-order valence-corrected chi connectivity index (χ4v) is 2.18. The fraction of sp³-hybridized carbons (Fsp3) is 0.917. The molecule has 1 aliphatic rings. The molecule has 5 heteroatoms. The summed E-state index contributed by atoms with van der Waals surface area (Å²) in [6.07, 6.45) is 0. The molecule has 0 spiro atoms. The Labute approximate surface area is 104 Å². The van der Waals surface area contributed by atoms with Crippen LogP contribution in [0.2, 0.25) is 0 Å². The van der Waals surface area contributed by atoms with Gasteiger partial charge in [-0.25, -0.2) is 0 Å². The van der Waals surface area contributed by atoms with E-state index in [-0.39, 0.29) is 17.5 Å². The number of amides is 1. The minimum atomic E-state index is -1.27. The second-order valence-electron chi connectivity index (χ2n) is 6.25. The van der Waals surface area contributed by atoms with Crippen molar-refractivity contribution in [2.45, 2.75) is 51.9 Å². The summed E-state index contributed by atoms with van der Waals surface area (Å²) in [5, 5.41) is 0. The molecule has 0 aromatic rings. The molecule has 0 saturated carbocycles. The van der Waals surface area contributed by atoms with E-state index in [0.717, 1.165) is 13.1 Å². The number of hydrogen-bond acceptors (Lipinski definition) is 4. The lowest BCUT2D eigenvalue weighted by molar-refractivity contribution is -0.142. The highest BCUT2D eigenvalue weighted by molar-refractivity contribution is 5.85. The quantitative estimate of drug-likeness (QED) is 0.632. The molecule has 0 radical (unpaired) electrons. The predicted octanol–water partition coefficient (Wildman–Crippen LogP) is -0.0488. The van der Waals surface area contributed by atoms with Crippen molar-refractivity contribution in [3.8, 4) is 0 Å². The van der Waals surface area contributed by atoms with Crippen LogP contribution in [0.25, 0.3) is 0 Å². The van der Waals surface area contributed by atoms with Gasteiger partial charge in [-0.05, 0) is 34.6 Å². The Kier molecular flexibility index (Phi) is 3.86. The number of carbonyl (C=O) groups is 1. The van der Waals surface area contributed by atoms with Crippen molar-refractivity contribution < 1.29 is 4.79 Å². The van der Waals surface area contributed by atoms with Crippen molar-refractivity contribution in [1.82, 2.24) is 9.80 Å². The molecule has 0 aromatic heterocycles. The van der Waals surface area contributed by atoms with E-state index in [9.17, 15) is 4.79 Å². The summed E-state index contributed by atoms with van der Waals surface area (Å²) >= 11 is 0. The summed E-state index contributed by atoms with van der Waals surface area (Å²) in [4.78, 5) is 16.2. The lowest BCUT2D eigenvalue weighted by atomic mass is 10.0. The molecule has 1 rings (SSSR count). The van der Waals surface area contributed by atoms with Crippen molar-refractivity contribution in [3.63, 3.8) is 0 Å². The molecule has 1 saturated heterocycles. The third kappa shape index (κ3) is 3.40. The SMILES string of the molecule is C[C@H]1CN(C(C)(C)C)CCN1C(=O)C(C)(N)N. The lowest BCUT2D eigenvalue weighted by Crippen LogP contribution is -2.66. The molecule has 0 aliphatic carbocycles. The van der Waals surface area contributed by atoms with Crippen LogP contribution in [0, 0.1) is 0 Å². The second-order valence-corrected chi connectivity index (χ2v) is 6.25. The van der Waals surface area contributed by atoms with Gasteiger partial charge in [0, 0.05) is 31.2 Å². The van der Waals surface area contributed by atoms with Gasteiger partial charge in [-0.15, -0.1) is 0 Å². The Balaban J connectivity index is 2.70. The van der Waals surface area contributed by atoms with Crippen LogP contribution in [0.15, 0.2) is 0 Å². The smallest absolute Gasteiger partial charge is 0.257 e. The standard InChI is InChI=1S/C12H26N4O/c1-9-8-15(11(2,3)4)6-7-16(9)10(17)12(5,13)14/h9H,6-8,13-14H2,1-5H3/t9-/m0/s1. The highest BCUT2D eigenvalue weighted by Crippen LogP contribution is 2.20. The summed E-state index contributed by atoms with van der Waals surface area (Å²) in [5.41, 5.74) is 10.2. The Morgan fingerprint density at radius 1 is 1.18 bits per heavy atom. The van der Waals surface area contributed by atoms with Crippen molar-refractivity contribution in [2.24, 2.45) is 11.5 Å². The third-order valence-corrected chi connectivity index (χ3v) is 3.30. The largest absolute Gasteiger partial charge is 0.335 e. The maximum absolute atomic E-state index is 12.0. The Morgan fingerprint density at radius 2 is 1.71 bits per heavy atom. The number of rotatable bonds is 1. The average molecular weight is 242 g/mol. The van der Waals surface area contributed by atoms with Crippen LogP contribution < -0.4 is 11.5 Å². The molecule has 17 heavy (non-hydrogen) atoms. The highest BCUT2D eigenvalue weighted by atomic mass is 16.2. The molecular weight excluding hydrogens is 216 g/mol. The van der Waals surface area contributed by atoms with Gasteiger partial charge in [0.15, 0.2) is 0 Å². The summed E-state index contributed by atoms with van der Waals surface area (Å²) in [6.45, 7) is 12.6. The van der Waals surface area contributed by atoms with E-state index in [1.807, 2.05) is 6.92 Å². The van der Waals surface area contributed by atoms with Crippen molar-refractivity contribution >= 4 is 5.91 Å². The van der Waals surface area contributed by atoms with Crippen LogP contribution in [0.4, 0.5) is 0 Å². The van der Waals surface area contributed by atoms with Crippen LogP contribution in [0.5, 0.6) is 0 Å². The van der Waals surface area contributed by atoms with Gasteiger partial charge >= 0.3 is 0 Å². The first-order valence-corrected chi connectivity index (χ1v) is 6.17. The number of nitrogens with zero attached hydrogens (tertiary/aromatic N) is 2. The van der Waals surface area contributed by atoms with Gasteiger partial charge in [-0.2, -0.15) is 0 Å². The zero-order chi connectivity index (χ0) is 13.4. The molecule has 100 valence electrons. The molecule has 1 atom stereocenters. The monoisotopic (exact) mass is 242 g/mol. The normalized spacial score (nSPS) is 23.9. The zero-order valence-electron chi connectivity index (χ0n) is 11.7. The van der Waals surface area contributed by atoms with Crippen molar-refractivity contribution in [3.05, 3.63) is 0 Å². The first-order chi connectivity index (χ1) is 7.53. The van der Waals surface area contributed by atoms with E-state index >= 15 is 0 Å². The molecule has 1 amide bonds. The minimum absolute atomic E-state index is 0.137. The molecule has 4 N–H and O–H groups in total. The van der Waals surface area contributed by atoms with E-state index in [1.165, 1.54) is 0 Å². The lowest BCUT2D eigenvalue weighted by Gasteiger charge is -2.46. The fourth-order valence-electron chi connectivity index (χ4n) is 2.18. The maximum Gasteiger partial charge on any atom is 0.257 e. The molecule has 0 bridgehead atoms. The van der Waals surface area contributed by atoms with E-state index in [2.05, 4.69) is 25.7 Å². The van der Waals surface area contributed by atoms with Gasteiger partial charge in [-0.3, -0.25) is 9.69 Å². The van der Waals surface area contributed by atoms with E-state index in [0.29, 0.717) is 6.54 Å². The topological polar surface area (TPSA) is 75.6 Å². The first kappa shape index (κ1) is 14.4. The number of piperazine rings is 1. The average Bonchev–Trinajstić information content (AvgIpc) is 2.13. The maximum atomic E-state index is 12.0. The van der Waals surface area contributed by atoms with E-state index < -0.39 is 5.66 Å². The first-order valence-electron chi connectivity index (χ1n) is 6.17. The molecule has 1 fully saturated rings. The van der Waals surface area contributed by atoms with Gasteiger partial charge < -0.3 is 16.4 Å². The summed E-state index contributed by atoms with van der Waals surface area (Å²) in [5.74, 6) is -0.168. The highest BCUT2D eigenvalue weighted by Gasteiger charge is 2.36. The Bertz CT molecular complexity index is 290. The minimum Gasteiger partial charge on any atom is -0.335 e.